The van der Waals surface area contributed by atoms with E-state index in [1.807, 2.05) is 0 Å². The van der Waals surface area contributed by atoms with Gasteiger partial charge in [0.05, 0.1) is 0 Å². The van der Waals surface area contributed by atoms with Crippen LogP contribution in [0.5, 0.6) is 5.75 Å². The summed E-state index contributed by atoms with van der Waals surface area (Å²) >= 11 is 5.49. The van der Waals surface area contributed by atoms with E-state index in [0.717, 1.165) is 0 Å². The molecule has 51 valence electrons. The van der Waals surface area contributed by atoms with Crippen LogP contribution in [0.3, 0.4) is 0 Å². The van der Waals surface area contributed by atoms with Crippen molar-refractivity contribution in [2.24, 2.45) is 0 Å². The topological polar surface area (TPSA) is 39.2 Å². The SMILES string of the molecule is O=[C]Oc1cccnc1Cl. The molecule has 0 bridgehead atoms. The van der Waals surface area contributed by atoms with Crippen molar-refractivity contribution in [2.45, 2.75) is 0 Å². The number of pyridine rings is 1. The van der Waals surface area contributed by atoms with Crippen molar-refractivity contribution in [3.8, 4) is 5.75 Å². The lowest BCUT2D eigenvalue weighted by Crippen LogP contribution is -1.89. The van der Waals surface area contributed by atoms with Gasteiger partial charge in [-0.05, 0) is 12.1 Å². The Balaban J connectivity index is 2.91. The van der Waals surface area contributed by atoms with E-state index in [-0.39, 0.29) is 10.9 Å². The Bertz CT molecular complexity index is 239. The van der Waals surface area contributed by atoms with Gasteiger partial charge in [0, 0.05) is 6.20 Å². The summed E-state index contributed by atoms with van der Waals surface area (Å²) in [6.07, 6.45) is 1.50. The highest BCUT2D eigenvalue weighted by atomic mass is 35.5. The van der Waals surface area contributed by atoms with E-state index in [1.54, 1.807) is 6.07 Å². The summed E-state index contributed by atoms with van der Waals surface area (Å²) in [6.45, 7) is 1.25. The van der Waals surface area contributed by atoms with Crippen LogP contribution in [0.4, 0.5) is 0 Å². The highest BCUT2D eigenvalue weighted by Crippen LogP contribution is 2.18. The van der Waals surface area contributed by atoms with E-state index >= 15 is 0 Å². The van der Waals surface area contributed by atoms with Gasteiger partial charge >= 0.3 is 6.47 Å². The first-order valence-electron chi connectivity index (χ1n) is 2.49. The van der Waals surface area contributed by atoms with Gasteiger partial charge in [0.15, 0.2) is 10.9 Å². The molecule has 0 aliphatic rings. The van der Waals surface area contributed by atoms with E-state index < -0.39 is 0 Å². The number of nitrogens with zero attached hydrogens (tertiary/aromatic N) is 1. The Morgan fingerprint density at radius 1 is 1.70 bits per heavy atom. The second-order valence-corrected chi connectivity index (χ2v) is 1.84. The summed E-state index contributed by atoms with van der Waals surface area (Å²) in [6, 6.07) is 3.14. The van der Waals surface area contributed by atoms with E-state index in [1.165, 1.54) is 18.7 Å². The fourth-order valence-electron chi connectivity index (χ4n) is 0.492. The molecule has 0 fully saturated rings. The molecule has 0 amide bonds. The molecule has 1 radical (unpaired) electrons. The Morgan fingerprint density at radius 3 is 3.10 bits per heavy atom. The lowest BCUT2D eigenvalue weighted by Gasteiger charge is -1.95. The predicted molar refractivity (Wildman–Crippen MR) is 35.6 cm³/mol. The number of rotatable bonds is 2. The van der Waals surface area contributed by atoms with Crippen LogP contribution in [-0.4, -0.2) is 11.5 Å². The molecular formula is C6H3ClNO2. The average molecular weight is 157 g/mol. The second-order valence-electron chi connectivity index (χ2n) is 1.48. The van der Waals surface area contributed by atoms with Crippen LogP contribution >= 0.6 is 11.6 Å². The summed E-state index contributed by atoms with van der Waals surface area (Å²) in [5.41, 5.74) is 0. The summed E-state index contributed by atoms with van der Waals surface area (Å²) in [5, 5.41) is 0.158. The molecule has 0 aliphatic carbocycles. The summed E-state index contributed by atoms with van der Waals surface area (Å²) in [4.78, 5) is 13.4. The average Bonchev–Trinajstić information content (AvgIpc) is 1.94. The molecule has 0 atom stereocenters. The van der Waals surface area contributed by atoms with Crippen molar-refractivity contribution in [3.05, 3.63) is 23.5 Å². The first kappa shape index (κ1) is 7.02. The predicted octanol–water partition coefficient (Wildman–Crippen LogP) is 1.18. The number of carbonyl (C=O) groups excluding carboxylic acids is 1. The number of ether oxygens (including phenoxy) is 1. The first-order valence-corrected chi connectivity index (χ1v) is 2.87. The van der Waals surface area contributed by atoms with Crippen molar-refractivity contribution in [1.82, 2.24) is 4.98 Å². The normalized spacial score (nSPS) is 8.90. The zero-order valence-electron chi connectivity index (χ0n) is 4.87. The Labute approximate surface area is 62.6 Å². The molecule has 1 aromatic rings. The fourth-order valence-corrected chi connectivity index (χ4v) is 0.650. The standard InChI is InChI=1S/C6H3ClNO2/c7-6-5(10-4-9)2-1-3-8-6/h1-3H. The summed E-state index contributed by atoms with van der Waals surface area (Å²) < 4.78 is 4.34. The number of hydrogen-bond acceptors (Lipinski definition) is 3. The van der Waals surface area contributed by atoms with Gasteiger partial charge in [-0.2, -0.15) is 0 Å². The smallest absolute Gasteiger partial charge is 0.415 e. The highest BCUT2D eigenvalue weighted by molar-refractivity contribution is 6.30. The first-order chi connectivity index (χ1) is 4.84. The maximum Gasteiger partial charge on any atom is 0.423 e. The zero-order chi connectivity index (χ0) is 7.40. The molecule has 1 rings (SSSR count). The minimum absolute atomic E-state index is 0.158. The molecule has 0 N–H and O–H groups in total. The largest absolute Gasteiger partial charge is 0.423 e. The zero-order valence-corrected chi connectivity index (χ0v) is 5.63. The van der Waals surface area contributed by atoms with Gasteiger partial charge in [-0.3, -0.25) is 0 Å². The molecular weight excluding hydrogens is 154 g/mol. The van der Waals surface area contributed by atoms with Crippen LogP contribution in [0.15, 0.2) is 18.3 Å². The van der Waals surface area contributed by atoms with Crippen LogP contribution in [0.2, 0.25) is 5.15 Å². The maximum absolute atomic E-state index is 9.69. The van der Waals surface area contributed by atoms with Crippen molar-refractivity contribution in [3.63, 3.8) is 0 Å². The number of aromatic nitrogens is 1. The minimum atomic E-state index is 0.158. The van der Waals surface area contributed by atoms with Crippen molar-refractivity contribution >= 4 is 18.1 Å². The van der Waals surface area contributed by atoms with Crippen molar-refractivity contribution in [2.75, 3.05) is 0 Å². The monoisotopic (exact) mass is 156 g/mol. The molecule has 1 heterocycles. The maximum atomic E-state index is 9.69. The molecule has 0 saturated heterocycles. The van der Waals surface area contributed by atoms with Gasteiger partial charge in [0.1, 0.15) is 0 Å². The van der Waals surface area contributed by atoms with Crippen LogP contribution in [0.25, 0.3) is 0 Å². The van der Waals surface area contributed by atoms with Crippen molar-refractivity contribution in [1.29, 1.82) is 0 Å². The lowest BCUT2D eigenvalue weighted by molar-refractivity contribution is 0.442. The molecule has 10 heavy (non-hydrogen) atoms. The van der Waals surface area contributed by atoms with Gasteiger partial charge in [0.2, 0.25) is 0 Å². The Kier molecular flexibility index (Phi) is 2.23. The summed E-state index contributed by atoms with van der Waals surface area (Å²) in [5.74, 6) is 0.221. The Hall–Kier alpha value is -1.09. The molecule has 3 nitrogen and oxygen atoms in total. The van der Waals surface area contributed by atoms with Gasteiger partial charge in [-0.1, -0.05) is 11.6 Å². The molecule has 0 aliphatic heterocycles. The van der Waals surface area contributed by atoms with E-state index in [2.05, 4.69) is 9.72 Å². The number of halogens is 1. The van der Waals surface area contributed by atoms with E-state index in [9.17, 15) is 4.79 Å². The van der Waals surface area contributed by atoms with Crippen molar-refractivity contribution < 1.29 is 9.53 Å². The van der Waals surface area contributed by atoms with Crippen LogP contribution in [0.1, 0.15) is 0 Å². The fraction of sp³-hybridized carbons (Fsp3) is 0. The molecule has 0 spiro atoms. The third-order valence-electron chi connectivity index (χ3n) is 0.876. The molecule has 1 aromatic heterocycles. The molecule has 4 heteroatoms. The van der Waals surface area contributed by atoms with Crippen LogP contribution in [0, 0.1) is 0 Å². The van der Waals surface area contributed by atoms with Gasteiger partial charge < -0.3 is 4.74 Å². The molecule has 0 saturated carbocycles. The number of hydrogen-bond donors (Lipinski definition) is 0. The van der Waals surface area contributed by atoms with E-state index in [0.29, 0.717) is 0 Å². The molecule has 0 unspecified atom stereocenters. The third-order valence-corrected chi connectivity index (χ3v) is 1.16. The van der Waals surface area contributed by atoms with Gasteiger partial charge in [0.25, 0.3) is 0 Å². The lowest BCUT2D eigenvalue weighted by atomic mass is 10.5. The van der Waals surface area contributed by atoms with Crippen LogP contribution in [-0.2, 0) is 4.79 Å². The van der Waals surface area contributed by atoms with Gasteiger partial charge in [-0.15, -0.1) is 0 Å². The quantitative estimate of drug-likeness (QED) is 0.604. The highest BCUT2D eigenvalue weighted by Gasteiger charge is 1.98. The van der Waals surface area contributed by atoms with Gasteiger partial charge in [-0.25, -0.2) is 9.78 Å². The summed E-state index contributed by atoms with van der Waals surface area (Å²) in [7, 11) is 0. The Morgan fingerprint density at radius 2 is 2.50 bits per heavy atom. The van der Waals surface area contributed by atoms with E-state index in [4.69, 9.17) is 11.6 Å². The van der Waals surface area contributed by atoms with Crippen LogP contribution < -0.4 is 4.74 Å². The molecule has 0 aromatic carbocycles. The minimum Gasteiger partial charge on any atom is -0.415 e. The third kappa shape index (κ3) is 1.45. The second kappa shape index (κ2) is 3.17.